The number of aliphatic hydroxyl groups is 1. The molecule has 1 aromatic rings. The molecular weight excluding hydrogens is 478 g/mol. The van der Waals surface area contributed by atoms with Crippen LogP contribution in [0.25, 0.3) is 0 Å². The zero-order valence-electron chi connectivity index (χ0n) is 6.83. The molecule has 0 bridgehead atoms. The molecule has 1 rings (SSSR count). The maximum atomic E-state index is 8.40. The maximum Gasteiger partial charge on any atom is 0.119 e. The molecule has 5 heteroatoms. The quantitative estimate of drug-likeness (QED) is 0.705. The zero-order valence-corrected chi connectivity index (χ0v) is 12.8. The molecule has 0 fully saturated rings. The Morgan fingerprint density at radius 1 is 1.08 bits per heavy atom. The molecule has 0 aliphatic carbocycles. The third kappa shape index (κ3) is 8.89. The maximum absolute atomic E-state index is 8.40. The number of rotatable bonds is 3. The van der Waals surface area contributed by atoms with Gasteiger partial charge in [0.1, 0.15) is 12.4 Å². The van der Waals surface area contributed by atoms with Crippen molar-refractivity contribution in [2.24, 2.45) is 0 Å². The first-order valence-electron chi connectivity index (χ1n) is 3.22. The normalized spacial score (nSPS) is 7.15. The van der Waals surface area contributed by atoms with Crippen LogP contribution in [0.5, 0.6) is 5.75 Å². The molecule has 0 saturated heterocycles. The van der Waals surface area contributed by atoms with Crippen molar-refractivity contribution in [2.45, 2.75) is 0 Å². The Hall–Kier alpha value is 0.576. The van der Waals surface area contributed by atoms with Crippen LogP contribution in [0.15, 0.2) is 30.3 Å². The topological polar surface area (TPSA) is 29.5 Å². The first-order chi connectivity index (χ1) is 4.93. The summed E-state index contributed by atoms with van der Waals surface area (Å²) in [5.41, 5.74) is 0. The van der Waals surface area contributed by atoms with Crippen LogP contribution in [0, 0.1) is 0 Å². The molecule has 0 heterocycles. The Balaban J connectivity index is -0.000000333. The van der Waals surface area contributed by atoms with Crippen molar-refractivity contribution in [2.75, 3.05) is 13.2 Å². The van der Waals surface area contributed by atoms with E-state index in [-0.39, 0.29) is 60.4 Å². The van der Waals surface area contributed by atoms with E-state index < -0.39 is 0 Å². The van der Waals surface area contributed by atoms with Gasteiger partial charge in [0.25, 0.3) is 0 Å². The largest absolute Gasteiger partial charge is 0.491 e. The minimum Gasteiger partial charge on any atom is -0.491 e. The number of para-hydroxylation sites is 1. The molecule has 0 aromatic heterocycles. The number of ether oxygens (including phenoxy) is 1. The summed E-state index contributed by atoms with van der Waals surface area (Å²) in [4.78, 5) is 0. The van der Waals surface area contributed by atoms with Crippen molar-refractivity contribution in [3.8, 4) is 5.75 Å². The summed E-state index contributed by atoms with van der Waals surface area (Å²) in [6, 6.07) is 9.43. The van der Waals surface area contributed by atoms with Gasteiger partial charge >= 0.3 is 0 Å². The van der Waals surface area contributed by atoms with Gasteiger partial charge in [-0.05, 0) is 12.1 Å². The average molecular weight is 490 g/mol. The fourth-order valence-corrected chi connectivity index (χ4v) is 0.680. The van der Waals surface area contributed by atoms with Gasteiger partial charge in [0.15, 0.2) is 0 Å². The summed E-state index contributed by atoms with van der Waals surface area (Å²) >= 11 is 0. The van der Waals surface area contributed by atoms with E-state index in [1.807, 2.05) is 30.3 Å². The molecule has 0 saturated carbocycles. The van der Waals surface area contributed by atoms with Gasteiger partial charge in [-0.25, -0.2) is 0 Å². The van der Waals surface area contributed by atoms with Gasteiger partial charge in [-0.15, -0.1) is 34.0 Å². The van der Waals surface area contributed by atoms with Gasteiger partial charge < -0.3 is 9.84 Å². The average Bonchev–Trinajstić information content (AvgIpc) is 2.03. The number of hydrogen-bond donors (Lipinski definition) is 1. The second-order valence-electron chi connectivity index (χ2n) is 1.89. The Kier molecular flexibility index (Phi) is 18.6. The number of halogens is 2. The fourth-order valence-electron chi connectivity index (χ4n) is 0.680. The van der Waals surface area contributed by atoms with Crippen LogP contribution in [0.2, 0.25) is 0 Å². The molecule has 0 spiro atoms. The predicted molar refractivity (Wildman–Crippen MR) is 59.7 cm³/mol. The minimum absolute atomic E-state index is 0. The zero-order chi connectivity index (χ0) is 7.23. The first kappa shape index (κ1) is 19.2. The minimum atomic E-state index is 0. The second kappa shape index (κ2) is 12.6. The Labute approximate surface area is 112 Å². The third-order valence-electron chi connectivity index (χ3n) is 1.10. The van der Waals surface area contributed by atoms with Crippen LogP contribution in [0.1, 0.15) is 0 Å². The van der Waals surface area contributed by atoms with Crippen LogP contribution >= 0.6 is 34.0 Å². The van der Waals surface area contributed by atoms with E-state index in [4.69, 9.17) is 9.84 Å². The molecule has 1 aromatic carbocycles. The van der Waals surface area contributed by atoms with E-state index >= 15 is 0 Å². The Morgan fingerprint density at radius 3 is 2.08 bits per heavy atom. The van der Waals surface area contributed by atoms with Crippen molar-refractivity contribution < 1.29 is 29.6 Å². The number of aliphatic hydroxyl groups excluding tert-OH is 1. The molecule has 0 aliphatic rings. The van der Waals surface area contributed by atoms with Crippen LogP contribution in [0.4, 0.5) is 0 Å². The van der Waals surface area contributed by atoms with Gasteiger partial charge in [-0.1, -0.05) is 18.2 Å². The van der Waals surface area contributed by atoms with E-state index in [9.17, 15) is 0 Å². The molecule has 0 unspecified atom stereocenters. The summed E-state index contributed by atoms with van der Waals surface area (Å²) in [7, 11) is 0. The molecule has 0 amide bonds. The van der Waals surface area contributed by atoms with E-state index in [2.05, 4.69) is 0 Å². The van der Waals surface area contributed by atoms with E-state index in [0.717, 1.165) is 5.75 Å². The monoisotopic (exact) mass is 490 g/mol. The SMILES string of the molecule is Br.Br.OCCOc1ccccc1.[Os]. The Bertz CT molecular complexity index is 185. The molecule has 0 radical (unpaired) electrons. The van der Waals surface area contributed by atoms with Crippen molar-refractivity contribution in [1.82, 2.24) is 0 Å². The summed E-state index contributed by atoms with van der Waals surface area (Å²) in [5, 5.41) is 8.40. The first-order valence-corrected chi connectivity index (χ1v) is 3.22. The van der Waals surface area contributed by atoms with E-state index in [0.29, 0.717) is 6.61 Å². The van der Waals surface area contributed by atoms with Crippen LogP contribution in [-0.2, 0) is 19.8 Å². The third-order valence-corrected chi connectivity index (χ3v) is 1.10. The van der Waals surface area contributed by atoms with Gasteiger partial charge in [-0.2, -0.15) is 0 Å². The Morgan fingerprint density at radius 2 is 1.62 bits per heavy atom. The molecule has 1 N–H and O–H groups in total. The standard InChI is InChI=1S/C8H10O2.2BrH.Os/c9-6-7-10-8-4-2-1-3-5-8;;;/h1-5,9H,6-7H2;2*1H;. The van der Waals surface area contributed by atoms with Crippen LogP contribution in [-0.4, -0.2) is 18.3 Å². The van der Waals surface area contributed by atoms with Crippen LogP contribution in [0.3, 0.4) is 0 Å². The molecular formula is C8H12Br2O2Os. The van der Waals surface area contributed by atoms with Crippen molar-refractivity contribution in [3.05, 3.63) is 30.3 Å². The number of hydrogen-bond acceptors (Lipinski definition) is 2. The van der Waals surface area contributed by atoms with Crippen molar-refractivity contribution in [1.29, 1.82) is 0 Å². The van der Waals surface area contributed by atoms with Gasteiger partial charge in [-0.3, -0.25) is 0 Å². The summed E-state index contributed by atoms with van der Waals surface area (Å²) < 4.78 is 5.11. The van der Waals surface area contributed by atoms with Gasteiger partial charge in [0, 0.05) is 19.8 Å². The number of benzene rings is 1. The fraction of sp³-hybridized carbons (Fsp3) is 0.250. The van der Waals surface area contributed by atoms with Crippen LogP contribution < -0.4 is 4.74 Å². The summed E-state index contributed by atoms with van der Waals surface area (Å²) in [5.74, 6) is 0.802. The van der Waals surface area contributed by atoms with Gasteiger partial charge in [0.2, 0.25) is 0 Å². The second-order valence-corrected chi connectivity index (χ2v) is 1.89. The molecule has 78 valence electrons. The molecule has 0 aliphatic heterocycles. The molecule has 2 nitrogen and oxygen atoms in total. The predicted octanol–water partition coefficient (Wildman–Crippen LogP) is 2.21. The summed E-state index contributed by atoms with van der Waals surface area (Å²) in [6.45, 7) is 0.429. The molecule has 0 atom stereocenters. The van der Waals surface area contributed by atoms with E-state index in [1.165, 1.54) is 0 Å². The smallest absolute Gasteiger partial charge is 0.119 e. The molecule has 13 heavy (non-hydrogen) atoms. The van der Waals surface area contributed by atoms with E-state index in [1.54, 1.807) is 0 Å². The van der Waals surface area contributed by atoms with Crippen molar-refractivity contribution >= 4 is 34.0 Å². The van der Waals surface area contributed by atoms with Gasteiger partial charge in [0.05, 0.1) is 6.61 Å². The summed E-state index contributed by atoms with van der Waals surface area (Å²) in [6.07, 6.45) is 0. The van der Waals surface area contributed by atoms with Crippen molar-refractivity contribution in [3.63, 3.8) is 0 Å².